The fourth-order valence-electron chi connectivity index (χ4n) is 1.58. The smallest absolute Gasteiger partial charge is 0.231 e. The number of nitrogens with two attached hydrogens (primary N) is 2. The molecule has 0 aliphatic carbocycles. The van der Waals surface area contributed by atoms with Crippen molar-refractivity contribution in [2.45, 2.75) is 12.1 Å². The lowest BCUT2D eigenvalue weighted by Crippen LogP contribution is -2.31. The van der Waals surface area contributed by atoms with Crippen LogP contribution in [0.3, 0.4) is 0 Å². The number of likely N-dealkylation sites (N-methyl/N-ethyl adjacent to an activating group) is 1. The second kappa shape index (κ2) is 10.9. The van der Waals surface area contributed by atoms with E-state index in [0.717, 1.165) is 11.8 Å². The standard InChI is InChI=1S/C11H14FNO2.C3H8N2O/c1-15-11(10(13)6-12)9-4-2-8(7-14)3-5-9;1-5-2-3(4)6/h2-5,7,10-11H,6,13H2,1H3;5H,2H2,1H3,(H2,4,6). The normalized spacial score (nSPS) is 12.8. The Morgan fingerprint density at radius 2 is 2.00 bits per heavy atom. The molecular formula is C14H22FN3O3. The quantitative estimate of drug-likeness (QED) is 0.622. The van der Waals surface area contributed by atoms with Gasteiger partial charge in [0.1, 0.15) is 13.0 Å². The van der Waals surface area contributed by atoms with E-state index in [0.29, 0.717) is 5.56 Å². The van der Waals surface area contributed by atoms with E-state index in [4.69, 9.17) is 16.2 Å². The van der Waals surface area contributed by atoms with Gasteiger partial charge < -0.3 is 21.5 Å². The first-order chi connectivity index (χ1) is 9.99. The predicted octanol–water partition coefficient (Wildman–Crippen LogP) is 0.175. The van der Waals surface area contributed by atoms with Gasteiger partial charge in [-0.3, -0.25) is 9.59 Å². The van der Waals surface area contributed by atoms with E-state index in [9.17, 15) is 14.0 Å². The molecule has 0 saturated heterocycles. The molecule has 0 radical (unpaired) electrons. The maximum absolute atomic E-state index is 12.4. The summed E-state index contributed by atoms with van der Waals surface area (Å²) in [5.41, 5.74) is 11.6. The Bertz CT molecular complexity index is 426. The first kappa shape index (κ1) is 19.2. The average molecular weight is 299 g/mol. The molecule has 21 heavy (non-hydrogen) atoms. The van der Waals surface area contributed by atoms with Crippen LogP contribution in [0, 0.1) is 0 Å². The van der Waals surface area contributed by atoms with E-state index < -0.39 is 18.8 Å². The molecule has 0 fully saturated rings. The molecule has 0 aliphatic heterocycles. The lowest BCUT2D eigenvalue weighted by atomic mass is 10.0. The van der Waals surface area contributed by atoms with Gasteiger partial charge >= 0.3 is 0 Å². The topological polar surface area (TPSA) is 107 Å². The summed E-state index contributed by atoms with van der Waals surface area (Å²) in [6.07, 6.45) is 0.274. The lowest BCUT2D eigenvalue weighted by molar-refractivity contribution is -0.117. The van der Waals surface area contributed by atoms with Crippen LogP contribution in [0.4, 0.5) is 4.39 Å². The van der Waals surface area contributed by atoms with Gasteiger partial charge in [-0.25, -0.2) is 4.39 Å². The van der Waals surface area contributed by atoms with Crippen LogP contribution in [0.15, 0.2) is 24.3 Å². The molecule has 2 unspecified atom stereocenters. The van der Waals surface area contributed by atoms with Crippen LogP contribution in [0.25, 0.3) is 0 Å². The molecule has 0 spiro atoms. The molecule has 5 N–H and O–H groups in total. The zero-order chi connectivity index (χ0) is 16.3. The fourth-order valence-corrected chi connectivity index (χ4v) is 1.58. The van der Waals surface area contributed by atoms with Crippen molar-refractivity contribution in [2.24, 2.45) is 11.5 Å². The van der Waals surface area contributed by atoms with Gasteiger partial charge in [-0.2, -0.15) is 0 Å². The van der Waals surface area contributed by atoms with Crippen LogP contribution < -0.4 is 16.8 Å². The van der Waals surface area contributed by atoms with Gasteiger partial charge in [0, 0.05) is 12.7 Å². The molecule has 1 aromatic carbocycles. The molecule has 1 amide bonds. The van der Waals surface area contributed by atoms with E-state index in [1.807, 2.05) is 0 Å². The third-order valence-corrected chi connectivity index (χ3v) is 2.57. The van der Waals surface area contributed by atoms with Crippen molar-refractivity contribution in [3.05, 3.63) is 35.4 Å². The Hall–Kier alpha value is -1.83. The minimum absolute atomic E-state index is 0.264. The number of benzene rings is 1. The molecule has 1 rings (SSSR count). The highest BCUT2D eigenvalue weighted by molar-refractivity contribution is 5.75. The number of halogens is 1. The number of primary amides is 1. The Labute approximate surface area is 123 Å². The highest BCUT2D eigenvalue weighted by Crippen LogP contribution is 2.20. The largest absolute Gasteiger partial charge is 0.375 e. The van der Waals surface area contributed by atoms with Gasteiger partial charge in [0.15, 0.2) is 0 Å². The Morgan fingerprint density at radius 3 is 2.29 bits per heavy atom. The number of carbonyl (C=O) groups excluding carboxylic acids is 2. The molecule has 2 atom stereocenters. The summed E-state index contributed by atoms with van der Waals surface area (Å²) in [7, 11) is 3.15. The number of nitrogens with one attached hydrogen (secondary N) is 1. The van der Waals surface area contributed by atoms with Gasteiger partial charge in [-0.15, -0.1) is 0 Å². The summed E-state index contributed by atoms with van der Waals surface area (Å²) >= 11 is 0. The number of hydrogen-bond acceptors (Lipinski definition) is 5. The second-order valence-corrected chi connectivity index (χ2v) is 4.26. The number of methoxy groups -OCH3 is 1. The van der Waals surface area contributed by atoms with Gasteiger partial charge in [0.05, 0.1) is 18.7 Å². The van der Waals surface area contributed by atoms with Crippen molar-refractivity contribution in [3.63, 3.8) is 0 Å². The van der Waals surface area contributed by atoms with Gasteiger partial charge in [-0.1, -0.05) is 24.3 Å². The van der Waals surface area contributed by atoms with Crippen molar-refractivity contribution in [2.75, 3.05) is 27.4 Å². The lowest BCUT2D eigenvalue weighted by Gasteiger charge is -2.20. The van der Waals surface area contributed by atoms with Gasteiger partial charge in [-0.05, 0) is 12.6 Å². The zero-order valence-corrected chi connectivity index (χ0v) is 12.2. The molecule has 0 heterocycles. The van der Waals surface area contributed by atoms with E-state index >= 15 is 0 Å². The summed E-state index contributed by atoms with van der Waals surface area (Å²) in [4.78, 5) is 20.2. The van der Waals surface area contributed by atoms with Crippen molar-refractivity contribution in [1.29, 1.82) is 0 Å². The molecule has 0 aliphatic rings. The summed E-state index contributed by atoms with van der Waals surface area (Å²) in [5.74, 6) is -0.322. The Morgan fingerprint density at radius 1 is 1.43 bits per heavy atom. The van der Waals surface area contributed by atoms with E-state index in [-0.39, 0.29) is 12.5 Å². The summed E-state index contributed by atoms with van der Waals surface area (Å²) in [6.45, 7) is -0.381. The molecule has 0 bridgehead atoms. The summed E-state index contributed by atoms with van der Waals surface area (Å²) in [5, 5.41) is 2.59. The van der Waals surface area contributed by atoms with E-state index in [1.54, 1.807) is 31.3 Å². The zero-order valence-electron chi connectivity index (χ0n) is 12.2. The summed E-state index contributed by atoms with van der Waals surface area (Å²) in [6, 6.07) is 6.05. The number of ether oxygens (including phenoxy) is 1. The SMILES string of the molecule is CNCC(N)=O.COC(c1ccc(C=O)cc1)C(N)CF. The third-order valence-electron chi connectivity index (χ3n) is 2.57. The van der Waals surface area contributed by atoms with Crippen LogP contribution in [0.5, 0.6) is 0 Å². The van der Waals surface area contributed by atoms with Crippen molar-refractivity contribution < 1.29 is 18.7 Å². The second-order valence-electron chi connectivity index (χ2n) is 4.26. The van der Waals surface area contributed by atoms with Crippen molar-refractivity contribution in [3.8, 4) is 0 Å². The number of amides is 1. The molecule has 0 aromatic heterocycles. The average Bonchev–Trinajstić information content (AvgIpc) is 2.49. The van der Waals surface area contributed by atoms with Gasteiger partial charge in [0.25, 0.3) is 0 Å². The molecule has 118 valence electrons. The van der Waals surface area contributed by atoms with Crippen LogP contribution >= 0.6 is 0 Å². The number of aldehydes is 1. The highest BCUT2D eigenvalue weighted by Gasteiger charge is 2.18. The molecule has 0 saturated carbocycles. The fraction of sp³-hybridized carbons (Fsp3) is 0.429. The predicted molar refractivity (Wildman–Crippen MR) is 78.7 cm³/mol. The molecular weight excluding hydrogens is 277 g/mol. The minimum atomic E-state index is -0.683. The van der Waals surface area contributed by atoms with E-state index in [2.05, 4.69) is 5.32 Å². The molecule has 7 heteroatoms. The van der Waals surface area contributed by atoms with Crippen molar-refractivity contribution in [1.82, 2.24) is 5.32 Å². The van der Waals surface area contributed by atoms with E-state index in [1.165, 1.54) is 7.11 Å². The van der Waals surface area contributed by atoms with Crippen molar-refractivity contribution >= 4 is 12.2 Å². The maximum Gasteiger partial charge on any atom is 0.231 e. The number of hydrogen-bond donors (Lipinski definition) is 3. The Kier molecular flexibility index (Phi) is 9.95. The molecule has 1 aromatic rings. The Balaban J connectivity index is 0.000000567. The third kappa shape index (κ3) is 7.50. The number of rotatable bonds is 7. The highest BCUT2D eigenvalue weighted by atomic mass is 19.1. The first-order valence-electron chi connectivity index (χ1n) is 6.32. The van der Waals surface area contributed by atoms with Crippen LogP contribution in [-0.4, -0.2) is 45.6 Å². The van der Waals surface area contributed by atoms with Gasteiger partial charge in [0.2, 0.25) is 5.91 Å². The van der Waals surface area contributed by atoms with Crippen LogP contribution in [-0.2, 0) is 9.53 Å². The monoisotopic (exact) mass is 299 g/mol. The first-order valence-corrected chi connectivity index (χ1v) is 6.32. The maximum atomic E-state index is 12.4. The van der Waals surface area contributed by atoms with Crippen LogP contribution in [0.1, 0.15) is 22.0 Å². The molecule has 6 nitrogen and oxygen atoms in total. The summed E-state index contributed by atoms with van der Waals surface area (Å²) < 4.78 is 17.5. The van der Waals surface area contributed by atoms with Crippen LogP contribution in [0.2, 0.25) is 0 Å². The number of carbonyl (C=O) groups is 2. The minimum Gasteiger partial charge on any atom is -0.375 e. The number of alkyl halides is 1.